The second kappa shape index (κ2) is 10.3. The zero-order chi connectivity index (χ0) is 23.5. The number of thiophene rings is 1. The highest BCUT2D eigenvalue weighted by molar-refractivity contribution is 7.14. The number of carbonyl (C=O) groups is 1. The number of aromatic nitrogens is 3. The molecule has 33 heavy (non-hydrogen) atoms. The number of aryl methyl sites for hydroxylation is 2. The molecule has 0 spiro atoms. The number of unbranched alkanes of at least 4 members (excludes halogenated alkanes) is 2. The summed E-state index contributed by atoms with van der Waals surface area (Å²) in [5.41, 5.74) is 9.10. The summed E-state index contributed by atoms with van der Waals surface area (Å²) >= 11 is 7.91. The number of halogens is 1. The highest BCUT2D eigenvalue weighted by atomic mass is 35.5. The zero-order valence-electron chi connectivity index (χ0n) is 19.3. The Bertz CT molecular complexity index is 1120. The summed E-state index contributed by atoms with van der Waals surface area (Å²) in [6, 6.07) is 7.53. The number of hydrogen-bond donors (Lipinski definition) is 3. The normalized spacial score (nSPS) is 17.4. The average molecular weight is 487 g/mol. The molecular formula is C24H31ClN6OS. The van der Waals surface area contributed by atoms with Crippen LogP contribution in [0.2, 0.25) is 5.02 Å². The van der Waals surface area contributed by atoms with Crippen molar-refractivity contribution in [1.82, 2.24) is 25.4 Å². The largest absolute Gasteiger partial charge is 0.356 e. The third kappa shape index (κ3) is 4.99. The van der Waals surface area contributed by atoms with Gasteiger partial charge in [0.05, 0.1) is 12.1 Å². The van der Waals surface area contributed by atoms with E-state index >= 15 is 0 Å². The number of nitrogens with two attached hydrogens (primary N) is 1. The highest BCUT2D eigenvalue weighted by Gasteiger charge is 2.35. The van der Waals surface area contributed by atoms with Crippen LogP contribution in [0.5, 0.6) is 0 Å². The van der Waals surface area contributed by atoms with Crippen molar-refractivity contribution >= 4 is 28.8 Å². The van der Waals surface area contributed by atoms with Gasteiger partial charge in [0.25, 0.3) is 0 Å². The van der Waals surface area contributed by atoms with Gasteiger partial charge in [-0.3, -0.25) is 14.7 Å². The van der Waals surface area contributed by atoms with Crippen molar-refractivity contribution in [2.75, 3.05) is 13.1 Å². The molecule has 0 unspecified atom stereocenters. The lowest BCUT2D eigenvalue weighted by atomic mass is 9.96. The van der Waals surface area contributed by atoms with E-state index in [1.165, 1.54) is 16.0 Å². The SMILES string of the molecule is Cc1sc2c(c1C)[C@H](c1ccc(Cl)cc1)N[C@@H](CC(=O)NCCCCCN)c1nnc(C)n1-2. The molecule has 0 aliphatic carbocycles. The smallest absolute Gasteiger partial charge is 0.222 e. The van der Waals surface area contributed by atoms with Crippen LogP contribution in [-0.4, -0.2) is 33.8 Å². The highest BCUT2D eigenvalue weighted by Crippen LogP contribution is 2.43. The lowest BCUT2D eigenvalue weighted by molar-refractivity contribution is -0.121. The van der Waals surface area contributed by atoms with E-state index < -0.39 is 0 Å². The molecule has 4 rings (SSSR count). The van der Waals surface area contributed by atoms with E-state index in [0.29, 0.717) is 18.1 Å². The van der Waals surface area contributed by atoms with Crippen LogP contribution >= 0.6 is 22.9 Å². The summed E-state index contributed by atoms with van der Waals surface area (Å²) in [7, 11) is 0. The first-order valence-corrected chi connectivity index (χ1v) is 12.6. The van der Waals surface area contributed by atoms with Crippen LogP contribution in [0.25, 0.3) is 5.00 Å². The van der Waals surface area contributed by atoms with Gasteiger partial charge in [0.15, 0.2) is 5.82 Å². The molecule has 176 valence electrons. The molecule has 2 atom stereocenters. The lowest BCUT2D eigenvalue weighted by Gasteiger charge is -2.23. The number of nitrogens with zero attached hydrogens (tertiary/aromatic N) is 3. The van der Waals surface area contributed by atoms with Gasteiger partial charge >= 0.3 is 0 Å². The Hall–Kier alpha value is -2.26. The van der Waals surface area contributed by atoms with Crippen molar-refractivity contribution in [3.63, 3.8) is 0 Å². The summed E-state index contributed by atoms with van der Waals surface area (Å²) in [5.74, 6) is 1.59. The Labute approximate surface area is 203 Å². The number of amides is 1. The fourth-order valence-corrected chi connectivity index (χ4v) is 5.72. The number of rotatable bonds is 8. The van der Waals surface area contributed by atoms with E-state index in [0.717, 1.165) is 41.5 Å². The summed E-state index contributed by atoms with van der Waals surface area (Å²) in [5, 5.41) is 17.5. The molecule has 1 aromatic carbocycles. The molecule has 0 saturated carbocycles. The van der Waals surface area contributed by atoms with Crippen LogP contribution in [0.15, 0.2) is 24.3 Å². The number of fused-ring (bicyclic) bond motifs is 3. The van der Waals surface area contributed by atoms with Gasteiger partial charge in [-0.15, -0.1) is 21.5 Å². The minimum Gasteiger partial charge on any atom is -0.356 e. The van der Waals surface area contributed by atoms with Crippen LogP contribution in [-0.2, 0) is 4.79 Å². The molecule has 0 fully saturated rings. The topological polar surface area (TPSA) is 97.9 Å². The van der Waals surface area contributed by atoms with Crippen LogP contribution in [0.3, 0.4) is 0 Å². The van der Waals surface area contributed by atoms with E-state index in [1.807, 2.05) is 31.2 Å². The van der Waals surface area contributed by atoms with Gasteiger partial charge in [-0.2, -0.15) is 0 Å². The molecule has 0 bridgehead atoms. The molecule has 4 N–H and O–H groups in total. The maximum Gasteiger partial charge on any atom is 0.222 e. The summed E-state index contributed by atoms with van der Waals surface area (Å²) < 4.78 is 2.11. The standard InChI is InChI=1S/C24H31ClN6OS/c1-14-15(2)33-24-21(14)22(17-7-9-18(25)10-8-17)28-19(23-30-29-16(3)31(23)24)13-20(32)27-12-6-4-5-11-26/h7-10,19,22,28H,4-6,11-13,26H2,1-3H3,(H,27,32)/t19-,22-/m0/s1. The minimum absolute atomic E-state index is 0.000430. The predicted octanol–water partition coefficient (Wildman–Crippen LogP) is 4.28. The minimum atomic E-state index is -0.282. The Morgan fingerprint density at radius 3 is 2.67 bits per heavy atom. The predicted molar refractivity (Wildman–Crippen MR) is 133 cm³/mol. The summed E-state index contributed by atoms with van der Waals surface area (Å²) in [4.78, 5) is 14.1. The van der Waals surface area contributed by atoms with E-state index in [-0.39, 0.29) is 24.4 Å². The Morgan fingerprint density at radius 1 is 1.18 bits per heavy atom. The number of benzene rings is 1. The van der Waals surface area contributed by atoms with Gasteiger partial charge in [-0.05, 0) is 63.4 Å². The fraction of sp³-hybridized carbons (Fsp3) is 0.458. The first-order valence-electron chi connectivity index (χ1n) is 11.4. The molecular weight excluding hydrogens is 456 g/mol. The van der Waals surface area contributed by atoms with Crippen molar-refractivity contribution in [2.45, 2.75) is 58.5 Å². The number of hydrogen-bond acceptors (Lipinski definition) is 6. The molecule has 1 amide bonds. The van der Waals surface area contributed by atoms with Crippen LogP contribution < -0.4 is 16.4 Å². The van der Waals surface area contributed by atoms with Gasteiger partial charge < -0.3 is 11.1 Å². The average Bonchev–Trinajstić information content (AvgIpc) is 3.26. The van der Waals surface area contributed by atoms with Gasteiger partial charge in [0.2, 0.25) is 5.91 Å². The summed E-state index contributed by atoms with van der Waals surface area (Å²) in [6.45, 7) is 7.60. The van der Waals surface area contributed by atoms with Crippen LogP contribution in [0.1, 0.15) is 71.0 Å². The van der Waals surface area contributed by atoms with Crippen molar-refractivity contribution < 1.29 is 4.79 Å². The maximum atomic E-state index is 12.8. The first kappa shape index (κ1) is 23.9. The Kier molecular flexibility index (Phi) is 7.48. The lowest BCUT2D eigenvalue weighted by Crippen LogP contribution is -2.33. The molecule has 1 aliphatic heterocycles. The van der Waals surface area contributed by atoms with E-state index in [9.17, 15) is 4.79 Å². The monoisotopic (exact) mass is 486 g/mol. The maximum absolute atomic E-state index is 12.8. The van der Waals surface area contributed by atoms with Gasteiger partial charge in [0.1, 0.15) is 10.8 Å². The van der Waals surface area contributed by atoms with Crippen molar-refractivity contribution in [3.05, 3.63) is 62.5 Å². The molecule has 0 saturated heterocycles. The number of nitrogens with one attached hydrogen (secondary N) is 2. The van der Waals surface area contributed by atoms with E-state index in [2.05, 4.69) is 39.2 Å². The summed E-state index contributed by atoms with van der Waals surface area (Å²) in [6.07, 6.45) is 3.21. The number of carbonyl (C=O) groups excluding carboxylic acids is 1. The molecule has 9 heteroatoms. The van der Waals surface area contributed by atoms with E-state index in [4.69, 9.17) is 17.3 Å². The third-order valence-corrected chi connectivity index (χ3v) is 7.69. The molecule has 0 radical (unpaired) electrons. The zero-order valence-corrected chi connectivity index (χ0v) is 20.9. The Morgan fingerprint density at radius 2 is 1.94 bits per heavy atom. The molecule has 3 aromatic rings. The second-order valence-electron chi connectivity index (χ2n) is 8.55. The third-order valence-electron chi connectivity index (χ3n) is 6.23. The molecule has 2 aromatic heterocycles. The van der Waals surface area contributed by atoms with Crippen molar-refractivity contribution in [1.29, 1.82) is 0 Å². The fourth-order valence-electron chi connectivity index (χ4n) is 4.35. The second-order valence-corrected chi connectivity index (χ2v) is 10.2. The molecule has 3 heterocycles. The van der Waals surface area contributed by atoms with Crippen LogP contribution in [0, 0.1) is 20.8 Å². The first-order chi connectivity index (χ1) is 15.9. The van der Waals surface area contributed by atoms with E-state index in [1.54, 1.807) is 11.3 Å². The molecule has 1 aliphatic rings. The van der Waals surface area contributed by atoms with Gasteiger partial charge in [-0.25, -0.2) is 0 Å². The van der Waals surface area contributed by atoms with Crippen molar-refractivity contribution in [3.8, 4) is 5.00 Å². The van der Waals surface area contributed by atoms with Gasteiger partial charge in [0, 0.05) is 28.4 Å². The van der Waals surface area contributed by atoms with Gasteiger partial charge in [-0.1, -0.05) is 30.2 Å². The van der Waals surface area contributed by atoms with Crippen molar-refractivity contribution in [2.24, 2.45) is 5.73 Å². The van der Waals surface area contributed by atoms with Crippen LogP contribution in [0.4, 0.5) is 0 Å². The molecule has 7 nitrogen and oxygen atoms in total. The Balaban J connectivity index is 1.68. The quantitative estimate of drug-likeness (QED) is 0.413.